The average Bonchev–Trinajstić information content (AvgIpc) is 2.47. The number of methoxy groups -OCH3 is 1. The second-order valence-corrected chi connectivity index (χ2v) is 5.22. The van der Waals surface area contributed by atoms with Gasteiger partial charge in [0.2, 0.25) is 0 Å². The molecule has 0 amide bonds. The van der Waals surface area contributed by atoms with E-state index in [2.05, 4.69) is 13.0 Å². The maximum absolute atomic E-state index is 10.6. The van der Waals surface area contributed by atoms with Gasteiger partial charge in [-0.2, -0.15) is 0 Å². The average molecular weight is 291 g/mol. The molecule has 0 saturated heterocycles. The van der Waals surface area contributed by atoms with Gasteiger partial charge in [0, 0.05) is 10.6 Å². The summed E-state index contributed by atoms with van der Waals surface area (Å²) in [5.74, 6) is 0.603. The van der Waals surface area contributed by atoms with Crippen molar-refractivity contribution < 1.29 is 9.84 Å². The molecule has 0 aliphatic rings. The van der Waals surface area contributed by atoms with E-state index in [9.17, 15) is 5.11 Å². The van der Waals surface area contributed by atoms with E-state index in [1.165, 1.54) is 5.56 Å². The minimum absolute atomic E-state index is 0.595. The van der Waals surface area contributed by atoms with Crippen molar-refractivity contribution in [2.75, 3.05) is 7.11 Å². The summed E-state index contributed by atoms with van der Waals surface area (Å²) in [7, 11) is 1.58. The van der Waals surface area contributed by atoms with E-state index in [1.807, 2.05) is 18.2 Å². The molecular formula is C17H19ClO2. The van der Waals surface area contributed by atoms with E-state index in [0.29, 0.717) is 10.8 Å². The number of aliphatic hydroxyl groups excluding tert-OH is 1. The van der Waals surface area contributed by atoms with Crippen LogP contribution in [-0.2, 0) is 6.42 Å². The van der Waals surface area contributed by atoms with Crippen molar-refractivity contribution in [3.8, 4) is 5.75 Å². The number of halogens is 1. The molecule has 0 bridgehead atoms. The normalized spacial score (nSPS) is 12.2. The maximum Gasteiger partial charge on any atom is 0.126 e. The fourth-order valence-electron chi connectivity index (χ4n) is 2.30. The summed E-state index contributed by atoms with van der Waals surface area (Å²) < 4.78 is 5.30. The first kappa shape index (κ1) is 14.9. The summed E-state index contributed by atoms with van der Waals surface area (Å²) in [5, 5.41) is 11.2. The molecule has 0 aliphatic carbocycles. The highest BCUT2D eigenvalue weighted by Crippen LogP contribution is 2.32. The zero-order valence-corrected chi connectivity index (χ0v) is 12.5. The first-order chi connectivity index (χ1) is 9.65. The van der Waals surface area contributed by atoms with Gasteiger partial charge >= 0.3 is 0 Å². The first-order valence-corrected chi connectivity index (χ1v) is 7.13. The van der Waals surface area contributed by atoms with Crippen LogP contribution in [0.1, 0.15) is 36.1 Å². The molecule has 0 aromatic heterocycles. The van der Waals surface area contributed by atoms with Crippen molar-refractivity contribution in [1.29, 1.82) is 0 Å². The van der Waals surface area contributed by atoms with Crippen molar-refractivity contribution >= 4 is 11.6 Å². The van der Waals surface area contributed by atoms with Gasteiger partial charge in [0.15, 0.2) is 0 Å². The zero-order chi connectivity index (χ0) is 14.5. The van der Waals surface area contributed by atoms with Crippen molar-refractivity contribution in [1.82, 2.24) is 0 Å². The van der Waals surface area contributed by atoms with Gasteiger partial charge in [-0.3, -0.25) is 0 Å². The number of aliphatic hydroxyl groups is 1. The Morgan fingerprint density at radius 3 is 2.70 bits per heavy atom. The van der Waals surface area contributed by atoms with Crippen LogP contribution in [0, 0.1) is 0 Å². The standard InChI is InChI=1S/C17H19ClO2/c1-3-5-12-6-4-7-13(10-12)17(19)15-9-8-14(18)11-16(15)20-2/h4,6-11,17,19H,3,5H2,1-2H3. The lowest BCUT2D eigenvalue weighted by Gasteiger charge is -2.16. The summed E-state index contributed by atoms with van der Waals surface area (Å²) in [6, 6.07) is 13.3. The van der Waals surface area contributed by atoms with Crippen LogP contribution in [0.15, 0.2) is 42.5 Å². The number of hydrogen-bond donors (Lipinski definition) is 1. The molecule has 0 saturated carbocycles. The first-order valence-electron chi connectivity index (χ1n) is 6.76. The fraction of sp³-hybridized carbons (Fsp3) is 0.294. The summed E-state index contributed by atoms with van der Waals surface area (Å²) in [6.45, 7) is 2.14. The molecule has 3 heteroatoms. The van der Waals surface area contributed by atoms with Gasteiger partial charge in [-0.05, 0) is 29.7 Å². The van der Waals surface area contributed by atoms with E-state index in [-0.39, 0.29) is 0 Å². The second-order valence-electron chi connectivity index (χ2n) is 4.78. The minimum Gasteiger partial charge on any atom is -0.496 e. The number of ether oxygens (including phenoxy) is 1. The van der Waals surface area contributed by atoms with Crippen LogP contribution in [0.3, 0.4) is 0 Å². The van der Waals surface area contributed by atoms with Gasteiger partial charge in [0.05, 0.1) is 7.11 Å². The number of rotatable bonds is 5. The lowest BCUT2D eigenvalue weighted by Crippen LogP contribution is -2.03. The van der Waals surface area contributed by atoms with Crippen LogP contribution in [-0.4, -0.2) is 12.2 Å². The molecule has 0 fully saturated rings. The van der Waals surface area contributed by atoms with Crippen LogP contribution in [0.2, 0.25) is 5.02 Å². The van der Waals surface area contributed by atoms with E-state index >= 15 is 0 Å². The predicted molar refractivity (Wildman–Crippen MR) is 82.5 cm³/mol. The molecule has 0 spiro atoms. The Morgan fingerprint density at radius 1 is 1.20 bits per heavy atom. The molecule has 0 aliphatic heterocycles. The fourth-order valence-corrected chi connectivity index (χ4v) is 2.46. The summed E-state index contributed by atoms with van der Waals surface area (Å²) in [4.78, 5) is 0. The van der Waals surface area contributed by atoms with E-state index in [1.54, 1.807) is 25.3 Å². The Hall–Kier alpha value is -1.51. The van der Waals surface area contributed by atoms with Crippen LogP contribution < -0.4 is 4.74 Å². The van der Waals surface area contributed by atoms with Crippen molar-refractivity contribution in [2.24, 2.45) is 0 Å². The highest BCUT2D eigenvalue weighted by molar-refractivity contribution is 6.30. The Bertz CT molecular complexity index is 581. The van der Waals surface area contributed by atoms with Crippen LogP contribution in [0.4, 0.5) is 0 Å². The quantitative estimate of drug-likeness (QED) is 0.885. The monoisotopic (exact) mass is 290 g/mol. The molecule has 2 aromatic rings. The van der Waals surface area contributed by atoms with Gasteiger partial charge < -0.3 is 9.84 Å². The van der Waals surface area contributed by atoms with E-state index < -0.39 is 6.10 Å². The third-order valence-electron chi connectivity index (χ3n) is 3.30. The molecule has 2 aromatic carbocycles. The smallest absolute Gasteiger partial charge is 0.126 e. The van der Waals surface area contributed by atoms with Crippen LogP contribution in [0.5, 0.6) is 5.75 Å². The Kier molecular flexibility index (Phi) is 5.05. The van der Waals surface area contributed by atoms with Gasteiger partial charge in [-0.15, -0.1) is 0 Å². The molecule has 0 radical (unpaired) electrons. The van der Waals surface area contributed by atoms with Gasteiger partial charge in [0.1, 0.15) is 11.9 Å². The number of benzene rings is 2. The number of aryl methyl sites for hydroxylation is 1. The van der Waals surface area contributed by atoms with Crippen LogP contribution >= 0.6 is 11.6 Å². The predicted octanol–water partition coefficient (Wildman–Crippen LogP) is 4.38. The molecule has 1 atom stereocenters. The summed E-state index contributed by atoms with van der Waals surface area (Å²) in [6.07, 6.45) is 1.39. The molecule has 2 nitrogen and oxygen atoms in total. The van der Waals surface area contributed by atoms with Gasteiger partial charge in [0.25, 0.3) is 0 Å². The maximum atomic E-state index is 10.6. The van der Waals surface area contributed by atoms with Crippen molar-refractivity contribution in [3.63, 3.8) is 0 Å². The Labute approximate surface area is 125 Å². The summed E-state index contributed by atoms with van der Waals surface area (Å²) >= 11 is 5.95. The van der Waals surface area contributed by atoms with Crippen LogP contribution in [0.25, 0.3) is 0 Å². The molecule has 2 rings (SSSR count). The zero-order valence-electron chi connectivity index (χ0n) is 11.8. The highest BCUT2D eigenvalue weighted by atomic mass is 35.5. The molecule has 106 valence electrons. The SMILES string of the molecule is CCCc1cccc(C(O)c2ccc(Cl)cc2OC)c1. The lowest BCUT2D eigenvalue weighted by atomic mass is 9.98. The largest absolute Gasteiger partial charge is 0.496 e. The third-order valence-corrected chi connectivity index (χ3v) is 3.53. The number of hydrogen-bond acceptors (Lipinski definition) is 2. The Morgan fingerprint density at radius 2 is 2.00 bits per heavy atom. The lowest BCUT2D eigenvalue weighted by molar-refractivity contribution is 0.214. The van der Waals surface area contributed by atoms with E-state index in [4.69, 9.17) is 16.3 Å². The summed E-state index contributed by atoms with van der Waals surface area (Å²) in [5.41, 5.74) is 2.83. The molecular weight excluding hydrogens is 272 g/mol. The van der Waals surface area contributed by atoms with Crippen molar-refractivity contribution in [2.45, 2.75) is 25.9 Å². The molecule has 1 N–H and O–H groups in total. The topological polar surface area (TPSA) is 29.5 Å². The van der Waals surface area contributed by atoms with Gasteiger partial charge in [-0.1, -0.05) is 55.3 Å². The molecule has 0 heterocycles. The molecule has 1 unspecified atom stereocenters. The second kappa shape index (κ2) is 6.78. The van der Waals surface area contributed by atoms with E-state index in [0.717, 1.165) is 24.0 Å². The highest BCUT2D eigenvalue weighted by Gasteiger charge is 2.16. The van der Waals surface area contributed by atoms with Crippen molar-refractivity contribution in [3.05, 3.63) is 64.2 Å². The van der Waals surface area contributed by atoms with Gasteiger partial charge in [-0.25, -0.2) is 0 Å². The Balaban J connectivity index is 2.35. The minimum atomic E-state index is -0.709. The molecule has 20 heavy (non-hydrogen) atoms. The third kappa shape index (κ3) is 3.33.